The lowest BCUT2D eigenvalue weighted by atomic mass is 9.82. The zero-order valence-electron chi connectivity index (χ0n) is 11.5. The summed E-state index contributed by atoms with van der Waals surface area (Å²) in [5, 5.41) is 26.3. The highest BCUT2D eigenvalue weighted by Crippen LogP contribution is 2.28. The van der Waals surface area contributed by atoms with Crippen LogP contribution in [0.4, 0.5) is 17.3 Å². The molecule has 7 nitrogen and oxygen atoms in total. The van der Waals surface area contributed by atoms with Crippen LogP contribution in [-0.2, 0) is 0 Å². The van der Waals surface area contributed by atoms with Gasteiger partial charge < -0.3 is 15.7 Å². The summed E-state index contributed by atoms with van der Waals surface area (Å²) in [7, 11) is 0. The first-order valence-electron chi connectivity index (χ1n) is 6.90. The van der Waals surface area contributed by atoms with Crippen molar-refractivity contribution in [1.82, 2.24) is 4.98 Å². The number of nitrogens with zero attached hydrogens (tertiary/aromatic N) is 2. The van der Waals surface area contributed by atoms with Crippen molar-refractivity contribution >= 4 is 17.3 Å². The highest BCUT2D eigenvalue weighted by molar-refractivity contribution is 5.54. The minimum Gasteiger partial charge on any atom is -0.393 e. The summed E-state index contributed by atoms with van der Waals surface area (Å²) in [5.41, 5.74) is 0.0229. The normalized spacial score (nSPS) is 21.1. The summed E-state index contributed by atoms with van der Waals surface area (Å²) >= 11 is 0. The van der Waals surface area contributed by atoms with E-state index in [-0.39, 0.29) is 11.8 Å². The largest absolute Gasteiger partial charge is 0.393 e. The van der Waals surface area contributed by atoms with Crippen molar-refractivity contribution in [1.29, 1.82) is 0 Å². The van der Waals surface area contributed by atoms with E-state index in [4.69, 9.17) is 0 Å². The quantitative estimate of drug-likeness (QED) is 0.521. The molecule has 110 valence electrons. The van der Waals surface area contributed by atoms with Gasteiger partial charge in [-0.25, -0.2) is 4.98 Å². The first-order chi connectivity index (χ1) is 9.58. The number of aliphatic hydroxyl groups excluding tert-OH is 1. The molecule has 0 aromatic carbocycles. The molecular weight excluding hydrogens is 260 g/mol. The average Bonchev–Trinajstić information content (AvgIpc) is 2.39. The fraction of sp³-hybridized carbons (Fsp3) is 0.615. The molecule has 2 rings (SSSR count). The van der Waals surface area contributed by atoms with Crippen LogP contribution in [0.25, 0.3) is 0 Å². The molecule has 0 radical (unpaired) electrons. The summed E-state index contributed by atoms with van der Waals surface area (Å²) in [6, 6.07) is 2.88. The Kier molecular flexibility index (Phi) is 4.73. The Hall–Kier alpha value is -1.89. The van der Waals surface area contributed by atoms with Crippen molar-refractivity contribution in [3.05, 3.63) is 22.2 Å². The highest BCUT2D eigenvalue weighted by atomic mass is 16.6. The van der Waals surface area contributed by atoms with Gasteiger partial charge in [-0.3, -0.25) is 10.1 Å². The van der Waals surface area contributed by atoms with E-state index in [9.17, 15) is 15.2 Å². The first kappa shape index (κ1) is 14.5. The second-order valence-corrected chi connectivity index (χ2v) is 5.15. The molecule has 0 unspecified atom stereocenters. The Balaban J connectivity index is 2.01. The van der Waals surface area contributed by atoms with E-state index in [1.807, 2.05) is 6.92 Å². The zero-order valence-corrected chi connectivity index (χ0v) is 11.5. The lowest BCUT2D eigenvalue weighted by Crippen LogP contribution is -2.33. The summed E-state index contributed by atoms with van der Waals surface area (Å²) < 4.78 is 0. The van der Waals surface area contributed by atoms with Gasteiger partial charge in [0.25, 0.3) is 5.69 Å². The van der Waals surface area contributed by atoms with Crippen LogP contribution in [0.15, 0.2) is 12.1 Å². The average molecular weight is 280 g/mol. The van der Waals surface area contributed by atoms with Gasteiger partial charge >= 0.3 is 0 Å². The second kappa shape index (κ2) is 6.51. The molecule has 1 heterocycles. The topological polar surface area (TPSA) is 100 Å². The molecule has 0 amide bonds. The van der Waals surface area contributed by atoms with Gasteiger partial charge in [-0.05, 0) is 25.2 Å². The Bertz CT molecular complexity index is 475. The number of aromatic nitrogens is 1. The molecule has 0 spiro atoms. The lowest BCUT2D eigenvalue weighted by Gasteiger charge is -2.31. The van der Waals surface area contributed by atoms with Gasteiger partial charge in [-0.15, -0.1) is 0 Å². The van der Waals surface area contributed by atoms with E-state index in [0.29, 0.717) is 24.1 Å². The molecule has 1 aromatic rings. The third kappa shape index (κ3) is 3.80. The maximum Gasteiger partial charge on any atom is 0.276 e. The Labute approximate surface area is 117 Å². The van der Waals surface area contributed by atoms with Crippen molar-refractivity contribution in [3.8, 4) is 0 Å². The maximum absolute atomic E-state index is 10.9. The van der Waals surface area contributed by atoms with Crippen LogP contribution in [0, 0.1) is 16.0 Å². The highest BCUT2D eigenvalue weighted by Gasteiger charge is 2.26. The fourth-order valence-corrected chi connectivity index (χ4v) is 2.17. The summed E-state index contributed by atoms with van der Waals surface area (Å²) in [6.07, 6.45) is 2.29. The third-order valence-corrected chi connectivity index (χ3v) is 3.36. The number of rotatable bonds is 7. The first-order valence-corrected chi connectivity index (χ1v) is 6.90. The van der Waals surface area contributed by atoms with Crippen LogP contribution in [0.2, 0.25) is 0 Å². The van der Waals surface area contributed by atoms with Crippen molar-refractivity contribution in [3.63, 3.8) is 0 Å². The molecule has 0 atom stereocenters. The van der Waals surface area contributed by atoms with Gasteiger partial charge in [0.1, 0.15) is 11.6 Å². The molecular formula is C13H20N4O3. The predicted octanol–water partition coefficient (Wildman–Crippen LogP) is 1.99. The number of aliphatic hydroxyl groups is 1. The van der Waals surface area contributed by atoms with Crippen LogP contribution in [0.3, 0.4) is 0 Å². The van der Waals surface area contributed by atoms with Crippen LogP contribution in [0.5, 0.6) is 0 Å². The van der Waals surface area contributed by atoms with Gasteiger partial charge in [0.2, 0.25) is 0 Å². The van der Waals surface area contributed by atoms with Gasteiger partial charge in [0.15, 0.2) is 0 Å². The number of hydrogen-bond acceptors (Lipinski definition) is 6. The number of nitro groups is 1. The summed E-state index contributed by atoms with van der Waals surface area (Å²) in [5.74, 6) is 1.43. The van der Waals surface area contributed by atoms with Crippen LogP contribution >= 0.6 is 0 Å². The van der Waals surface area contributed by atoms with Crippen molar-refractivity contribution < 1.29 is 10.0 Å². The number of pyridine rings is 1. The van der Waals surface area contributed by atoms with Gasteiger partial charge in [-0.2, -0.15) is 0 Å². The van der Waals surface area contributed by atoms with Crippen LogP contribution in [0.1, 0.15) is 26.2 Å². The fourth-order valence-electron chi connectivity index (χ4n) is 2.17. The van der Waals surface area contributed by atoms with E-state index in [1.54, 1.807) is 0 Å². The summed E-state index contributed by atoms with van der Waals surface area (Å²) in [6.45, 7) is 3.42. The number of nitrogens with one attached hydrogen (secondary N) is 2. The molecule has 7 heteroatoms. The lowest BCUT2D eigenvalue weighted by molar-refractivity contribution is -0.384. The molecule has 20 heavy (non-hydrogen) atoms. The molecule has 3 N–H and O–H groups in total. The molecule has 0 saturated heterocycles. The van der Waals surface area contributed by atoms with Crippen LogP contribution in [-0.4, -0.2) is 34.2 Å². The van der Waals surface area contributed by atoms with E-state index in [1.165, 1.54) is 12.1 Å². The Morgan fingerprint density at radius 1 is 1.40 bits per heavy atom. The molecule has 1 saturated carbocycles. The Morgan fingerprint density at radius 2 is 2.05 bits per heavy atom. The molecule has 0 bridgehead atoms. The van der Waals surface area contributed by atoms with Crippen molar-refractivity contribution in [2.24, 2.45) is 5.92 Å². The van der Waals surface area contributed by atoms with Gasteiger partial charge in [-0.1, -0.05) is 6.92 Å². The van der Waals surface area contributed by atoms with Gasteiger partial charge in [0.05, 0.1) is 23.2 Å². The zero-order chi connectivity index (χ0) is 14.5. The SMILES string of the molecule is CCCNc1cc([N+](=O)[O-])cc(NCC2CC(O)C2)n1. The Morgan fingerprint density at radius 3 is 2.60 bits per heavy atom. The maximum atomic E-state index is 10.9. The monoisotopic (exact) mass is 280 g/mol. The molecule has 1 fully saturated rings. The third-order valence-electron chi connectivity index (χ3n) is 3.36. The molecule has 1 aliphatic carbocycles. The van der Waals surface area contributed by atoms with Gasteiger partial charge in [0, 0.05) is 13.1 Å². The number of hydrogen-bond donors (Lipinski definition) is 3. The summed E-state index contributed by atoms with van der Waals surface area (Å²) in [4.78, 5) is 14.8. The van der Waals surface area contributed by atoms with E-state index >= 15 is 0 Å². The standard InChI is InChI=1S/C13H20N4O3/c1-2-3-14-12-6-10(17(19)20)7-13(16-12)15-8-9-4-11(18)5-9/h6-7,9,11,18H,2-5,8H2,1H3,(H2,14,15,16). The van der Waals surface area contributed by atoms with Crippen molar-refractivity contribution in [2.45, 2.75) is 32.3 Å². The second-order valence-electron chi connectivity index (χ2n) is 5.15. The van der Waals surface area contributed by atoms with E-state index < -0.39 is 4.92 Å². The molecule has 1 aliphatic rings. The van der Waals surface area contributed by atoms with E-state index in [2.05, 4.69) is 15.6 Å². The number of anilines is 2. The van der Waals surface area contributed by atoms with Crippen LogP contribution < -0.4 is 10.6 Å². The van der Waals surface area contributed by atoms with Crippen molar-refractivity contribution in [2.75, 3.05) is 23.7 Å². The minimum absolute atomic E-state index is 0.0229. The smallest absolute Gasteiger partial charge is 0.276 e. The predicted molar refractivity (Wildman–Crippen MR) is 76.9 cm³/mol. The molecule has 0 aliphatic heterocycles. The van der Waals surface area contributed by atoms with E-state index in [0.717, 1.165) is 25.8 Å². The minimum atomic E-state index is -0.420. The molecule has 1 aromatic heterocycles.